The number of carbonyl (C=O) groups excluding carboxylic acids is 1. The van der Waals surface area contributed by atoms with Gasteiger partial charge in [0.15, 0.2) is 0 Å². The molecular formula is C20H23F17O4S2. The molecule has 0 amide bonds. The van der Waals surface area contributed by atoms with Crippen LogP contribution >= 0.6 is 12.6 Å². The predicted molar refractivity (Wildman–Crippen MR) is 116 cm³/mol. The monoisotopic (exact) mass is 714 g/mol. The number of alkyl halides is 17. The van der Waals surface area contributed by atoms with Crippen LogP contribution in [0.2, 0.25) is 0 Å². The summed E-state index contributed by atoms with van der Waals surface area (Å²) in [6.07, 6.45) is -2.53. The van der Waals surface area contributed by atoms with E-state index in [1.165, 1.54) is 12.8 Å². The number of hydrogen-bond acceptors (Lipinski definition) is 4. The molecule has 1 fully saturated rings. The zero-order chi connectivity index (χ0) is 35.3. The predicted octanol–water partition coefficient (Wildman–Crippen LogP) is 8.32. The Morgan fingerprint density at radius 3 is 1.26 bits per heavy atom. The molecule has 1 atom stereocenters. The molecule has 4 nitrogen and oxygen atoms in total. The molecule has 0 radical (unpaired) electrons. The Hall–Kier alpha value is -1.26. The van der Waals surface area contributed by atoms with E-state index in [-0.39, 0.29) is 10.7 Å². The maximum atomic E-state index is 13.0. The van der Waals surface area contributed by atoms with Crippen molar-refractivity contribution in [2.24, 2.45) is 11.3 Å². The quantitative estimate of drug-likeness (QED) is 0.136. The normalized spacial score (nSPS) is 18.3. The van der Waals surface area contributed by atoms with Crippen molar-refractivity contribution in [2.45, 2.75) is 105 Å². The van der Waals surface area contributed by atoms with Crippen LogP contribution in [0.3, 0.4) is 0 Å². The van der Waals surface area contributed by atoms with Crippen molar-refractivity contribution < 1.29 is 92.4 Å². The maximum Gasteiger partial charge on any atom is 0.460 e. The SMILES string of the molecule is CC(C)(C)C(S)CC(=O)C1CCCC1.O=S(=O)(O)C(F)(F)C(F)(F)C(F)(F)C(F)(F)C(F)(F)C(F)(F)C(F)(F)C(F)(F)F. The van der Waals surface area contributed by atoms with Gasteiger partial charge in [0.1, 0.15) is 5.78 Å². The Morgan fingerprint density at radius 1 is 0.674 bits per heavy atom. The number of Topliss-reactive ketones (excluding diaryl/α,β-unsaturated/α-hetero) is 1. The molecule has 0 aromatic heterocycles. The van der Waals surface area contributed by atoms with Gasteiger partial charge in [-0.15, -0.1) is 0 Å². The fraction of sp³-hybridized carbons (Fsp3) is 0.950. The zero-order valence-electron chi connectivity index (χ0n) is 21.6. The van der Waals surface area contributed by atoms with Crippen molar-refractivity contribution in [1.82, 2.24) is 0 Å². The molecule has 23 heteroatoms. The van der Waals surface area contributed by atoms with E-state index >= 15 is 0 Å². The lowest BCUT2D eigenvalue weighted by Gasteiger charge is -2.42. The van der Waals surface area contributed by atoms with Gasteiger partial charge in [-0.2, -0.15) is 95.7 Å². The number of halogens is 17. The fourth-order valence-corrected chi connectivity index (χ4v) is 3.85. The number of ketones is 1. The van der Waals surface area contributed by atoms with E-state index in [9.17, 15) is 87.8 Å². The van der Waals surface area contributed by atoms with Crippen LogP contribution < -0.4 is 0 Å². The van der Waals surface area contributed by atoms with E-state index in [2.05, 4.69) is 33.4 Å². The molecule has 1 rings (SSSR count). The first kappa shape index (κ1) is 41.7. The number of carbonyl (C=O) groups is 1. The van der Waals surface area contributed by atoms with Gasteiger partial charge in [-0.05, 0) is 18.3 Å². The van der Waals surface area contributed by atoms with E-state index < -0.39 is 57.1 Å². The molecule has 0 aliphatic heterocycles. The Labute approximate surface area is 237 Å². The summed E-state index contributed by atoms with van der Waals surface area (Å²) in [5, 5.41) is -7.64. The lowest BCUT2D eigenvalue weighted by Crippen LogP contribution is -2.74. The van der Waals surface area contributed by atoms with Crippen molar-refractivity contribution in [1.29, 1.82) is 0 Å². The minimum Gasteiger partial charge on any atom is -0.299 e. The summed E-state index contributed by atoms with van der Waals surface area (Å²) in [7, 11) is -7.89. The topological polar surface area (TPSA) is 71.4 Å². The summed E-state index contributed by atoms with van der Waals surface area (Å²) < 4.78 is 242. The third-order valence-corrected chi connectivity index (χ3v) is 8.08. The van der Waals surface area contributed by atoms with Crippen LogP contribution in [0.1, 0.15) is 52.9 Å². The van der Waals surface area contributed by atoms with Gasteiger partial charge >= 0.3 is 57.1 Å². The number of thiol groups is 1. The van der Waals surface area contributed by atoms with Crippen LogP contribution in [0, 0.1) is 11.3 Å². The second-order valence-electron chi connectivity index (χ2n) is 10.5. The van der Waals surface area contributed by atoms with Gasteiger partial charge in [0, 0.05) is 17.6 Å². The van der Waals surface area contributed by atoms with E-state index in [1.54, 1.807) is 0 Å². The van der Waals surface area contributed by atoms with Gasteiger partial charge in [-0.25, -0.2) is 0 Å². The largest absolute Gasteiger partial charge is 0.460 e. The molecule has 1 aliphatic carbocycles. The molecule has 258 valence electrons. The van der Waals surface area contributed by atoms with E-state index in [0.29, 0.717) is 18.1 Å². The van der Waals surface area contributed by atoms with Crippen molar-refractivity contribution in [3.05, 3.63) is 0 Å². The summed E-state index contributed by atoms with van der Waals surface area (Å²) in [6.45, 7) is 6.44. The van der Waals surface area contributed by atoms with Gasteiger partial charge < -0.3 is 0 Å². The maximum absolute atomic E-state index is 13.0. The van der Waals surface area contributed by atoms with Crippen molar-refractivity contribution in [3.63, 3.8) is 0 Å². The third-order valence-electron chi connectivity index (χ3n) is 6.22. The molecule has 0 heterocycles. The first-order valence-corrected chi connectivity index (χ1v) is 13.3. The average molecular weight is 715 g/mol. The highest BCUT2D eigenvalue weighted by atomic mass is 32.2. The Kier molecular flexibility index (Phi) is 11.8. The molecule has 43 heavy (non-hydrogen) atoms. The zero-order valence-corrected chi connectivity index (χ0v) is 23.4. The molecule has 1 N–H and O–H groups in total. The molecule has 0 bridgehead atoms. The summed E-state index contributed by atoms with van der Waals surface area (Å²) in [5.41, 5.74) is 0.136. The molecule has 0 saturated heterocycles. The minimum atomic E-state index is -8.89. The molecule has 1 saturated carbocycles. The van der Waals surface area contributed by atoms with Crippen molar-refractivity contribution in [3.8, 4) is 0 Å². The van der Waals surface area contributed by atoms with E-state index in [0.717, 1.165) is 12.8 Å². The summed E-state index contributed by atoms with van der Waals surface area (Å²) in [6, 6.07) is 0. The van der Waals surface area contributed by atoms with Crippen molar-refractivity contribution in [2.75, 3.05) is 0 Å². The summed E-state index contributed by atoms with van der Waals surface area (Å²) in [5.74, 6) is -51.2. The molecule has 0 aromatic rings. The van der Waals surface area contributed by atoms with Crippen LogP contribution in [0.25, 0.3) is 0 Å². The van der Waals surface area contributed by atoms with Gasteiger partial charge in [0.2, 0.25) is 0 Å². The van der Waals surface area contributed by atoms with E-state index in [4.69, 9.17) is 4.55 Å². The third kappa shape index (κ3) is 7.26. The number of hydrogen-bond donors (Lipinski definition) is 2. The van der Waals surface area contributed by atoms with Gasteiger partial charge in [0.25, 0.3) is 0 Å². The smallest absolute Gasteiger partial charge is 0.299 e. The summed E-state index contributed by atoms with van der Waals surface area (Å²) >= 11 is 4.52. The second-order valence-corrected chi connectivity index (χ2v) is 12.6. The lowest BCUT2D eigenvalue weighted by molar-refractivity contribution is -0.458. The fourth-order valence-electron chi connectivity index (χ4n) is 3.22. The standard InChI is InChI=1S/C12H22OS.C8HF17O3S/c1-12(2,3)11(14)8-10(13)9-6-4-5-7-9;9-1(10,3(13,14)5(17,18)7(21,22)23)2(11,12)4(15,16)6(19,20)8(24,25)29(26,27)28/h9,11,14H,4-8H2,1-3H3;(H,26,27,28). The minimum absolute atomic E-state index is 0.136. The van der Waals surface area contributed by atoms with Crippen LogP contribution in [-0.2, 0) is 14.9 Å². The highest BCUT2D eigenvalue weighted by Gasteiger charge is 2.96. The summed E-state index contributed by atoms with van der Waals surface area (Å²) in [4.78, 5) is 11.9. The first-order chi connectivity index (χ1) is 18.4. The van der Waals surface area contributed by atoms with Crippen LogP contribution in [0.5, 0.6) is 0 Å². The van der Waals surface area contributed by atoms with Crippen LogP contribution in [0.4, 0.5) is 74.6 Å². The highest BCUT2D eigenvalue weighted by molar-refractivity contribution is 7.87. The molecule has 1 aliphatic rings. The average Bonchev–Trinajstić information content (AvgIpc) is 3.31. The first-order valence-electron chi connectivity index (χ1n) is 11.3. The Bertz CT molecular complexity index is 1090. The highest BCUT2D eigenvalue weighted by Crippen LogP contribution is 2.64. The number of rotatable bonds is 10. The van der Waals surface area contributed by atoms with Crippen LogP contribution in [-0.4, -0.2) is 71.0 Å². The van der Waals surface area contributed by atoms with Gasteiger partial charge in [-0.1, -0.05) is 33.6 Å². The Morgan fingerprint density at radius 2 is 0.977 bits per heavy atom. The molecular weight excluding hydrogens is 691 g/mol. The molecule has 0 spiro atoms. The van der Waals surface area contributed by atoms with Crippen molar-refractivity contribution >= 4 is 28.5 Å². The lowest BCUT2D eigenvalue weighted by atomic mass is 9.86. The second kappa shape index (κ2) is 12.2. The van der Waals surface area contributed by atoms with Gasteiger partial charge in [0.05, 0.1) is 0 Å². The molecule has 0 aromatic carbocycles. The molecule has 1 unspecified atom stereocenters. The Balaban J connectivity index is 0.00000104. The van der Waals surface area contributed by atoms with E-state index in [1.807, 2.05) is 0 Å². The van der Waals surface area contributed by atoms with Crippen LogP contribution in [0.15, 0.2) is 0 Å². The van der Waals surface area contributed by atoms with Gasteiger partial charge in [-0.3, -0.25) is 9.35 Å².